The lowest BCUT2D eigenvalue weighted by Crippen LogP contribution is -2.34. The van der Waals surface area contributed by atoms with Crippen LogP contribution >= 0.6 is 0 Å². The van der Waals surface area contributed by atoms with Crippen LogP contribution in [0.5, 0.6) is 5.75 Å². The summed E-state index contributed by atoms with van der Waals surface area (Å²) in [7, 11) is 1.84. The third kappa shape index (κ3) is 2.25. The Balaban J connectivity index is 1.89. The fourth-order valence-corrected chi connectivity index (χ4v) is 2.57. The van der Waals surface area contributed by atoms with Crippen LogP contribution < -0.4 is 4.74 Å². The van der Waals surface area contributed by atoms with Crippen LogP contribution in [0.25, 0.3) is 0 Å². The normalized spacial score (nSPS) is 16.9. The largest absolute Gasteiger partial charge is 0.493 e. The average molecular weight is 268 g/mol. The molecule has 2 heterocycles. The molecule has 4 heteroatoms. The second-order valence-electron chi connectivity index (χ2n) is 4.84. The number of rotatable bonds is 2. The number of fused-ring (bicyclic) bond motifs is 1. The lowest BCUT2D eigenvalue weighted by atomic mass is 9.99. The van der Waals surface area contributed by atoms with Gasteiger partial charge in [0.15, 0.2) is 0 Å². The smallest absolute Gasteiger partial charge is 0.254 e. The molecule has 0 fully saturated rings. The molecule has 1 unspecified atom stereocenters. The third-order valence-electron chi connectivity index (χ3n) is 3.64. The molecule has 0 N–H and O–H groups in total. The van der Waals surface area contributed by atoms with Gasteiger partial charge in [0.25, 0.3) is 5.91 Å². The van der Waals surface area contributed by atoms with E-state index in [1.165, 1.54) is 0 Å². The summed E-state index contributed by atoms with van der Waals surface area (Å²) in [6, 6.07) is 11.4. The van der Waals surface area contributed by atoms with Crippen LogP contribution in [0.1, 0.15) is 28.4 Å². The molecule has 1 atom stereocenters. The van der Waals surface area contributed by atoms with Crippen LogP contribution in [0.15, 0.2) is 48.8 Å². The zero-order valence-electron chi connectivity index (χ0n) is 11.3. The summed E-state index contributed by atoms with van der Waals surface area (Å²) in [5.74, 6) is 0.882. The van der Waals surface area contributed by atoms with Gasteiger partial charge in [0.05, 0.1) is 12.6 Å². The first-order valence-corrected chi connectivity index (χ1v) is 6.66. The predicted octanol–water partition coefficient (Wildman–Crippen LogP) is 2.68. The quantitative estimate of drug-likeness (QED) is 0.841. The van der Waals surface area contributed by atoms with E-state index in [1.54, 1.807) is 29.4 Å². The molecule has 0 aliphatic carbocycles. The number of hydrogen-bond acceptors (Lipinski definition) is 3. The first-order chi connectivity index (χ1) is 9.77. The summed E-state index contributed by atoms with van der Waals surface area (Å²) < 4.78 is 5.64. The van der Waals surface area contributed by atoms with Gasteiger partial charge in [-0.3, -0.25) is 9.78 Å². The van der Waals surface area contributed by atoms with Gasteiger partial charge in [0.2, 0.25) is 0 Å². The molecule has 2 aromatic rings. The van der Waals surface area contributed by atoms with E-state index in [-0.39, 0.29) is 11.9 Å². The van der Waals surface area contributed by atoms with Crippen molar-refractivity contribution in [3.63, 3.8) is 0 Å². The second kappa shape index (κ2) is 5.33. The van der Waals surface area contributed by atoms with Gasteiger partial charge in [-0.05, 0) is 18.2 Å². The van der Waals surface area contributed by atoms with Crippen molar-refractivity contribution in [1.29, 1.82) is 0 Å². The number of aromatic nitrogens is 1. The molecule has 0 bridgehead atoms. The maximum Gasteiger partial charge on any atom is 0.254 e. The standard InChI is InChI=1S/C16H16N2O2/c1-18(16(19)12-6-9-17-10-7-12)14-8-11-20-15-5-3-2-4-13(14)15/h2-7,9-10,14H,8,11H2,1H3. The minimum absolute atomic E-state index is 0.00843. The van der Waals surface area contributed by atoms with Crippen molar-refractivity contribution in [2.45, 2.75) is 12.5 Å². The third-order valence-corrected chi connectivity index (χ3v) is 3.64. The summed E-state index contributed by atoms with van der Waals surface area (Å²) in [6.07, 6.45) is 4.09. The van der Waals surface area contributed by atoms with Gasteiger partial charge in [0, 0.05) is 37.0 Å². The van der Waals surface area contributed by atoms with Gasteiger partial charge in [-0.25, -0.2) is 0 Å². The van der Waals surface area contributed by atoms with E-state index in [2.05, 4.69) is 4.98 Å². The second-order valence-corrected chi connectivity index (χ2v) is 4.84. The Morgan fingerprint density at radius 1 is 1.25 bits per heavy atom. The molecule has 1 aromatic carbocycles. The highest BCUT2D eigenvalue weighted by molar-refractivity contribution is 5.94. The number of amides is 1. The Morgan fingerprint density at radius 3 is 2.80 bits per heavy atom. The van der Waals surface area contributed by atoms with Crippen LogP contribution in [0, 0.1) is 0 Å². The van der Waals surface area contributed by atoms with E-state index in [0.29, 0.717) is 12.2 Å². The molecule has 4 nitrogen and oxygen atoms in total. The Labute approximate surface area is 118 Å². The zero-order chi connectivity index (χ0) is 13.9. The Kier molecular flexibility index (Phi) is 3.37. The van der Waals surface area contributed by atoms with E-state index >= 15 is 0 Å². The maximum absolute atomic E-state index is 12.5. The van der Waals surface area contributed by atoms with Crippen LogP contribution in [-0.2, 0) is 0 Å². The number of para-hydroxylation sites is 1. The van der Waals surface area contributed by atoms with Gasteiger partial charge in [-0.2, -0.15) is 0 Å². The molecule has 1 aliphatic rings. The number of hydrogen-bond donors (Lipinski definition) is 0. The average Bonchev–Trinajstić information content (AvgIpc) is 2.54. The minimum Gasteiger partial charge on any atom is -0.493 e. The van der Waals surface area contributed by atoms with Crippen molar-refractivity contribution in [2.75, 3.05) is 13.7 Å². The summed E-state index contributed by atoms with van der Waals surface area (Å²) in [4.78, 5) is 18.2. The summed E-state index contributed by atoms with van der Waals surface area (Å²) >= 11 is 0. The van der Waals surface area contributed by atoms with Gasteiger partial charge < -0.3 is 9.64 Å². The van der Waals surface area contributed by atoms with E-state index in [4.69, 9.17) is 4.74 Å². The molecule has 3 rings (SSSR count). The van der Waals surface area contributed by atoms with Crippen molar-refractivity contribution in [1.82, 2.24) is 9.88 Å². The van der Waals surface area contributed by atoms with Crippen molar-refractivity contribution in [2.24, 2.45) is 0 Å². The topological polar surface area (TPSA) is 42.4 Å². The molecular weight excluding hydrogens is 252 g/mol. The van der Waals surface area contributed by atoms with Crippen LogP contribution in [0.3, 0.4) is 0 Å². The maximum atomic E-state index is 12.5. The molecule has 102 valence electrons. The fourth-order valence-electron chi connectivity index (χ4n) is 2.57. The van der Waals surface area contributed by atoms with Gasteiger partial charge in [0.1, 0.15) is 5.75 Å². The summed E-state index contributed by atoms with van der Waals surface area (Å²) in [6.45, 7) is 0.635. The predicted molar refractivity (Wildman–Crippen MR) is 75.6 cm³/mol. The molecule has 1 aromatic heterocycles. The highest BCUT2D eigenvalue weighted by atomic mass is 16.5. The Hall–Kier alpha value is -2.36. The highest BCUT2D eigenvalue weighted by Crippen LogP contribution is 2.35. The number of nitrogens with zero attached hydrogens (tertiary/aromatic N) is 2. The van der Waals surface area contributed by atoms with Crippen LogP contribution in [-0.4, -0.2) is 29.4 Å². The number of ether oxygens (including phenoxy) is 1. The van der Waals surface area contributed by atoms with Crippen LogP contribution in [0.4, 0.5) is 0 Å². The molecular formula is C16H16N2O2. The first-order valence-electron chi connectivity index (χ1n) is 6.66. The minimum atomic E-state index is 0.00843. The lowest BCUT2D eigenvalue weighted by molar-refractivity contribution is 0.0686. The molecule has 0 saturated carbocycles. The van der Waals surface area contributed by atoms with Gasteiger partial charge >= 0.3 is 0 Å². The molecule has 20 heavy (non-hydrogen) atoms. The van der Waals surface area contributed by atoms with Crippen LogP contribution in [0.2, 0.25) is 0 Å². The molecule has 0 radical (unpaired) electrons. The Bertz CT molecular complexity index is 613. The SMILES string of the molecule is CN(C(=O)c1ccncc1)C1CCOc2ccccc21. The summed E-state index contributed by atoms with van der Waals surface area (Å²) in [5.41, 5.74) is 1.73. The van der Waals surface area contributed by atoms with E-state index in [9.17, 15) is 4.79 Å². The molecule has 0 spiro atoms. The van der Waals surface area contributed by atoms with Crippen molar-refractivity contribution in [3.8, 4) is 5.75 Å². The van der Waals surface area contributed by atoms with Gasteiger partial charge in [-0.1, -0.05) is 18.2 Å². The molecule has 1 aliphatic heterocycles. The zero-order valence-corrected chi connectivity index (χ0v) is 11.3. The molecule has 1 amide bonds. The summed E-state index contributed by atoms with van der Waals surface area (Å²) in [5, 5.41) is 0. The Morgan fingerprint density at radius 2 is 2.00 bits per heavy atom. The monoisotopic (exact) mass is 268 g/mol. The van der Waals surface area contributed by atoms with E-state index in [0.717, 1.165) is 17.7 Å². The lowest BCUT2D eigenvalue weighted by Gasteiger charge is -2.33. The number of carbonyl (C=O) groups excluding carboxylic acids is 1. The van der Waals surface area contributed by atoms with Crippen molar-refractivity contribution in [3.05, 3.63) is 59.9 Å². The number of carbonyl (C=O) groups is 1. The van der Waals surface area contributed by atoms with E-state index in [1.807, 2.05) is 31.3 Å². The van der Waals surface area contributed by atoms with Crippen molar-refractivity contribution < 1.29 is 9.53 Å². The van der Waals surface area contributed by atoms with E-state index < -0.39 is 0 Å². The van der Waals surface area contributed by atoms with Gasteiger partial charge in [-0.15, -0.1) is 0 Å². The highest BCUT2D eigenvalue weighted by Gasteiger charge is 2.27. The fraction of sp³-hybridized carbons (Fsp3) is 0.250. The number of benzene rings is 1. The molecule has 0 saturated heterocycles. The number of pyridine rings is 1. The van der Waals surface area contributed by atoms with Crippen molar-refractivity contribution >= 4 is 5.91 Å². The first kappa shape index (κ1) is 12.7.